The number of aromatic nitrogens is 4. The van der Waals surface area contributed by atoms with Crippen LogP contribution in [0.1, 0.15) is 12.1 Å². The first-order valence-corrected chi connectivity index (χ1v) is 9.90. The minimum Gasteiger partial charge on any atom is -0.481 e. The summed E-state index contributed by atoms with van der Waals surface area (Å²) in [6.07, 6.45) is 4.76. The number of aryl methyl sites for hydroxylation is 1. The summed E-state index contributed by atoms with van der Waals surface area (Å²) in [5.74, 6) is 1.81. The van der Waals surface area contributed by atoms with Crippen molar-refractivity contribution < 1.29 is 9.84 Å². The number of nitrogens with zero attached hydrogens (tertiary/aromatic N) is 6. The Morgan fingerprint density at radius 2 is 2.13 bits per heavy atom. The van der Waals surface area contributed by atoms with Gasteiger partial charge in [0.2, 0.25) is 12.2 Å². The van der Waals surface area contributed by atoms with Crippen molar-refractivity contribution in [2.24, 2.45) is 0 Å². The monoisotopic (exact) mass is 405 g/mol. The van der Waals surface area contributed by atoms with E-state index in [0.29, 0.717) is 11.7 Å². The number of pyridine rings is 2. The van der Waals surface area contributed by atoms with Crippen molar-refractivity contribution in [1.82, 2.24) is 19.9 Å². The number of aliphatic hydroxyl groups is 1. The van der Waals surface area contributed by atoms with Gasteiger partial charge in [-0.25, -0.2) is 15.0 Å². The maximum atomic E-state index is 11.0. The van der Waals surface area contributed by atoms with E-state index in [9.17, 15) is 5.11 Å². The van der Waals surface area contributed by atoms with E-state index in [0.717, 1.165) is 48.0 Å². The van der Waals surface area contributed by atoms with Crippen molar-refractivity contribution in [3.05, 3.63) is 48.5 Å². The first-order chi connectivity index (χ1) is 14.6. The molecular formula is C21H23N7O2. The number of fused-ring (bicyclic) bond motifs is 4. The molecule has 9 nitrogen and oxygen atoms in total. The third-order valence-electron chi connectivity index (χ3n) is 5.54. The maximum absolute atomic E-state index is 11.0. The molecule has 3 aromatic rings. The largest absolute Gasteiger partial charge is 0.481 e. The summed E-state index contributed by atoms with van der Waals surface area (Å²) in [5.41, 5.74) is 3.60. The Balaban J connectivity index is 1.54. The molecule has 0 aliphatic carbocycles. The Hall–Kier alpha value is -3.46. The van der Waals surface area contributed by atoms with Gasteiger partial charge in [0, 0.05) is 42.8 Å². The van der Waals surface area contributed by atoms with Gasteiger partial charge in [-0.2, -0.15) is 0 Å². The van der Waals surface area contributed by atoms with E-state index < -0.39 is 6.35 Å². The zero-order valence-electron chi connectivity index (χ0n) is 16.9. The van der Waals surface area contributed by atoms with Crippen LogP contribution in [-0.4, -0.2) is 57.6 Å². The van der Waals surface area contributed by atoms with E-state index in [1.54, 1.807) is 25.7 Å². The molecule has 2 bridgehead atoms. The average Bonchev–Trinajstić information content (AvgIpc) is 3.18. The molecule has 0 spiro atoms. The van der Waals surface area contributed by atoms with Crippen LogP contribution in [0.2, 0.25) is 0 Å². The molecule has 30 heavy (non-hydrogen) atoms. The van der Waals surface area contributed by atoms with Crippen LogP contribution >= 0.6 is 0 Å². The molecule has 154 valence electrons. The van der Waals surface area contributed by atoms with Gasteiger partial charge in [-0.3, -0.25) is 4.98 Å². The number of anilines is 3. The lowest BCUT2D eigenvalue weighted by Crippen LogP contribution is -2.51. The molecule has 0 aromatic carbocycles. The molecule has 2 N–H and O–H groups in total. The second-order valence-corrected chi connectivity index (χ2v) is 7.48. The lowest BCUT2D eigenvalue weighted by atomic mass is 10.1. The highest BCUT2D eigenvalue weighted by atomic mass is 16.5. The summed E-state index contributed by atoms with van der Waals surface area (Å²) in [4.78, 5) is 21.8. The zero-order valence-corrected chi connectivity index (χ0v) is 16.9. The van der Waals surface area contributed by atoms with Gasteiger partial charge in [0.25, 0.3) is 0 Å². The fourth-order valence-electron chi connectivity index (χ4n) is 4.18. The minimum absolute atomic E-state index is 0.160. The predicted molar refractivity (Wildman–Crippen MR) is 114 cm³/mol. The molecule has 1 saturated heterocycles. The van der Waals surface area contributed by atoms with Crippen LogP contribution in [0.5, 0.6) is 5.88 Å². The Labute approximate surface area is 174 Å². The van der Waals surface area contributed by atoms with Crippen LogP contribution in [0.15, 0.2) is 42.9 Å². The van der Waals surface area contributed by atoms with Gasteiger partial charge in [0.1, 0.15) is 5.82 Å². The van der Waals surface area contributed by atoms with Crippen LogP contribution in [0.25, 0.3) is 11.3 Å². The molecule has 0 saturated carbocycles. The summed E-state index contributed by atoms with van der Waals surface area (Å²) in [5, 5.41) is 14.1. The lowest BCUT2D eigenvalue weighted by molar-refractivity contribution is 0.184. The molecule has 0 amide bonds. The van der Waals surface area contributed by atoms with Crippen molar-refractivity contribution in [2.75, 3.05) is 35.3 Å². The summed E-state index contributed by atoms with van der Waals surface area (Å²) in [6.45, 7) is 3.72. The minimum atomic E-state index is -0.970. The second-order valence-electron chi connectivity index (χ2n) is 7.48. The topological polar surface area (TPSA) is 99.5 Å². The van der Waals surface area contributed by atoms with Gasteiger partial charge in [0.05, 0.1) is 30.7 Å². The number of ether oxygens (including phenoxy) is 1. The molecule has 0 radical (unpaired) electrons. The standard InChI is InChI=1S/C21H23N7O2/c1-13-9-14(10-19(24-13)30-2)16-3-4-17-20(25-16)28(15-5-8-27(17)12-15)21(29)26-18-11-22-6-7-23-18/h3-4,6-7,9-11,15,21,29H,5,8,12H2,1-2H3,(H,23,26)/t15-,21?/m0/s1. The van der Waals surface area contributed by atoms with Crippen molar-refractivity contribution in [1.29, 1.82) is 0 Å². The average molecular weight is 405 g/mol. The molecule has 5 heterocycles. The predicted octanol–water partition coefficient (Wildman–Crippen LogP) is 2.04. The van der Waals surface area contributed by atoms with Crippen LogP contribution in [-0.2, 0) is 0 Å². The van der Waals surface area contributed by atoms with E-state index >= 15 is 0 Å². The van der Waals surface area contributed by atoms with Gasteiger partial charge in [-0.15, -0.1) is 0 Å². The van der Waals surface area contributed by atoms with Crippen LogP contribution in [0.4, 0.5) is 17.3 Å². The number of hydrogen-bond acceptors (Lipinski definition) is 9. The summed E-state index contributed by atoms with van der Waals surface area (Å²) in [6, 6.07) is 8.09. The first-order valence-electron chi connectivity index (χ1n) is 9.90. The Bertz CT molecular complexity index is 1060. The third-order valence-corrected chi connectivity index (χ3v) is 5.54. The van der Waals surface area contributed by atoms with E-state index in [1.165, 1.54) is 0 Å². The van der Waals surface area contributed by atoms with Crippen LogP contribution in [0.3, 0.4) is 0 Å². The summed E-state index contributed by atoms with van der Waals surface area (Å²) in [7, 11) is 1.60. The van der Waals surface area contributed by atoms with Gasteiger partial charge in [-0.1, -0.05) is 0 Å². The number of rotatable bonds is 5. The molecule has 2 aliphatic rings. The number of aliphatic hydroxyl groups excluding tert-OH is 1. The second kappa shape index (κ2) is 7.42. The Morgan fingerprint density at radius 3 is 2.93 bits per heavy atom. The molecule has 2 atom stereocenters. The molecule has 5 rings (SSSR count). The van der Waals surface area contributed by atoms with E-state index in [2.05, 4.69) is 31.2 Å². The normalized spacial score (nSPS) is 18.2. The maximum Gasteiger partial charge on any atom is 0.213 e. The van der Waals surface area contributed by atoms with Crippen molar-refractivity contribution in [3.63, 3.8) is 0 Å². The SMILES string of the molecule is COc1cc(-c2ccc3c(n2)N(C(O)Nc2cnccn2)[C@H]2CCN3C2)cc(C)n1. The molecule has 1 unspecified atom stereocenters. The summed E-state index contributed by atoms with van der Waals surface area (Å²) >= 11 is 0. The van der Waals surface area contributed by atoms with E-state index in [4.69, 9.17) is 9.72 Å². The quantitative estimate of drug-likeness (QED) is 0.618. The number of hydrogen-bond donors (Lipinski definition) is 2. The summed E-state index contributed by atoms with van der Waals surface area (Å²) < 4.78 is 5.32. The van der Waals surface area contributed by atoms with Crippen molar-refractivity contribution in [2.45, 2.75) is 25.7 Å². The van der Waals surface area contributed by atoms with Crippen LogP contribution < -0.4 is 19.9 Å². The molecular weight excluding hydrogens is 382 g/mol. The fourth-order valence-corrected chi connectivity index (χ4v) is 4.18. The highest BCUT2D eigenvalue weighted by Crippen LogP contribution is 2.41. The van der Waals surface area contributed by atoms with E-state index in [1.807, 2.05) is 30.0 Å². The molecule has 1 fully saturated rings. The first kappa shape index (κ1) is 18.6. The van der Waals surface area contributed by atoms with Crippen molar-refractivity contribution in [3.8, 4) is 17.1 Å². The molecule has 2 aliphatic heterocycles. The van der Waals surface area contributed by atoms with Gasteiger partial charge in [0.15, 0.2) is 5.82 Å². The van der Waals surface area contributed by atoms with Gasteiger partial charge in [-0.05, 0) is 31.5 Å². The third kappa shape index (κ3) is 3.26. The number of nitrogens with one attached hydrogen (secondary N) is 1. The fraction of sp³-hybridized carbons (Fsp3) is 0.333. The van der Waals surface area contributed by atoms with Gasteiger partial charge < -0.3 is 25.0 Å². The van der Waals surface area contributed by atoms with Crippen molar-refractivity contribution >= 4 is 17.3 Å². The lowest BCUT2D eigenvalue weighted by Gasteiger charge is -2.40. The van der Waals surface area contributed by atoms with Gasteiger partial charge >= 0.3 is 0 Å². The smallest absolute Gasteiger partial charge is 0.213 e. The molecule has 9 heteroatoms. The highest BCUT2D eigenvalue weighted by molar-refractivity contribution is 5.76. The van der Waals surface area contributed by atoms with E-state index in [-0.39, 0.29) is 6.04 Å². The van der Waals surface area contributed by atoms with Crippen LogP contribution in [0, 0.1) is 6.92 Å². The zero-order chi connectivity index (χ0) is 20.7. The Morgan fingerprint density at radius 1 is 1.23 bits per heavy atom. The highest BCUT2D eigenvalue weighted by Gasteiger charge is 2.40. The Kier molecular flexibility index (Phi) is 4.59. The molecule has 3 aromatic heterocycles. The number of methoxy groups -OCH3 is 1.